The molecule has 0 aromatic heterocycles. The van der Waals surface area contributed by atoms with Crippen molar-refractivity contribution in [1.29, 1.82) is 0 Å². The van der Waals surface area contributed by atoms with Crippen molar-refractivity contribution in [2.75, 3.05) is 27.4 Å². The summed E-state index contributed by atoms with van der Waals surface area (Å²) in [5.74, 6) is -0.383. The summed E-state index contributed by atoms with van der Waals surface area (Å²) in [6.45, 7) is -0.753. The Morgan fingerprint density at radius 1 is 0.656 bits per heavy atom. The fourth-order valence-electron chi connectivity index (χ4n) is 2.63. The molecule has 2 aromatic rings. The molecule has 0 heterocycles. The molecule has 32 heavy (non-hydrogen) atoms. The summed E-state index contributed by atoms with van der Waals surface area (Å²) in [5.41, 5.74) is 0.637. The third-order valence-electron chi connectivity index (χ3n) is 4.53. The number of carbonyl (C=O) groups is 2. The molecule has 10 heteroatoms. The maximum atomic E-state index is 11.4. The molecule has 4 N–H and O–H groups in total. The van der Waals surface area contributed by atoms with Crippen LogP contribution in [0.5, 0.6) is 11.5 Å². The van der Waals surface area contributed by atoms with Gasteiger partial charge >= 0.3 is 11.9 Å². The average Bonchev–Trinajstić information content (AvgIpc) is 2.84. The van der Waals surface area contributed by atoms with Crippen molar-refractivity contribution in [3.8, 4) is 11.5 Å². The van der Waals surface area contributed by atoms with E-state index in [0.29, 0.717) is 22.6 Å². The van der Waals surface area contributed by atoms with E-state index >= 15 is 0 Å². The van der Waals surface area contributed by atoms with E-state index in [4.69, 9.17) is 9.47 Å². The molecule has 0 amide bonds. The van der Waals surface area contributed by atoms with Gasteiger partial charge in [0.2, 0.25) is 0 Å². The van der Waals surface area contributed by atoms with Crippen molar-refractivity contribution in [1.82, 2.24) is 0 Å². The summed E-state index contributed by atoms with van der Waals surface area (Å²) in [5, 5.41) is 40.3. The number of methoxy groups -OCH3 is 2. The van der Waals surface area contributed by atoms with Crippen LogP contribution in [-0.2, 0) is 9.47 Å². The summed E-state index contributed by atoms with van der Waals surface area (Å²) in [4.78, 5) is 22.8. The lowest BCUT2D eigenvalue weighted by Gasteiger charge is -2.26. The predicted octanol–water partition coefficient (Wildman–Crippen LogP) is 0.161. The second-order valence-electron chi connectivity index (χ2n) is 6.77. The molecule has 0 bridgehead atoms. The standard InChI is InChI=1S/C22H26O10/c1-29-21(27)13-3-7-15(8-4-13)31-11-17(23)19(25)20(26)18(24)12-32-16-9-5-14(6-10-16)22(28)30-2/h3-10,17-20,23-26H,11-12H2,1-2H3/t17-,18-,19-,20-/m1/s1. The molecule has 0 aliphatic carbocycles. The molecule has 0 spiro atoms. The quantitative estimate of drug-likeness (QED) is 0.348. The van der Waals surface area contributed by atoms with Gasteiger partial charge in [0.1, 0.15) is 49.1 Å². The van der Waals surface area contributed by atoms with Crippen LogP contribution in [-0.4, -0.2) is 84.2 Å². The fraction of sp³-hybridized carbons (Fsp3) is 0.364. The van der Waals surface area contributed by atoms with Crippen LogP contribution in [0.4, 0.5) is 0 Å². The first-order valence-corrected chi connectivity index (χ1v) is 9.61. The van der Waals surface area contributed by atoms with Crippen molar-refractivity contribution in [2.45, 2.75) is 24.4 Å². The summed E-state index contributed by atoms with van der Waals surface area (Å²) in [7, 11) is 2.52. The molecule has 0 radical (unpaired) electrons. The highest BCUT2D eigenvalue weighted by Gasteiger charge is 2.31. The molecule has 0 unspecified atom stereocenters. The van der Waals surface area contributed by atoms with Crippen LogP contribution in [0, 0.1) is 0 Å². The largest absolute Gasteiger partial charge is 0.491 e. The van der Waals surface area contributed by atoms with Gasteiger partial charge in [-0.05, 0) is 48.5 Å². The molecule has 2 rings (SSSR count). The third kappa shape index (κ3) is 6.92. The number of hydrogen-bond acceptors (Lipinski definition) is 10. The first kappa shape index (κ1) is 25.1. The van der Waals surface area contributed by atoms with E-state index in [2.05, 4.69) is 9.47 Å². The summed E-state index contributed by atoms with van der Waals surface area (Å²) < 4.78 is 19.8. The van der Waals surface area contributed by atoms with Crippen molar-refractivity contribution in [3.05, 3.63) is 59.7 Å². The molecule has 0 aliphatic rings. The molecule has 2 aromatic carbocycles. The van der Waals surface area contributed by atoms with Crippen molar-refractivity contribution in [3.63, 3.8) is 0 Å². The van der Waals surface area contributed by atoms with Crippen molar-refractivity contribution < 1.29 is 49.0 Å². The molecular weight excluding hydrogens is 424 g/mol. The Morgan fingerprint density at radius 2 is 0.969 bits per heavy atom. The Balaban J connectivity index is 1.81. The van der Waals surface area contributed by atoms with E-state index in [0.717, 1.165) is 0 Å². The van der Waals surface area contributed by atoms with Gasteiger partial charge in [0.25, 0.3) is 0 Å². The first-order valence-electron chi connectivity index (χ1n) is 9.61. The van der Waals surface area contributed by atoms with E-state index in [1.54, 1.807) is 0 Å². The lowest BCUT2D eigenvalue weighted by molar-refractivity contribution is -0.119. The lowest BCUT2D eigenvalue weighted by Crippen LogP contribution is -2.48. The molecular formula is C22H26O10. The van der Waals surface area contributed by atoms with Crippen LogP contribution in [0.3, 0.4) is 0 Å². The van der Waals surface area contributed by atoms with Crippen LogP contribution in [0.1, 0.15) is 20.7 Å². The number of aliphatic hydroxyl groups excluding tert-OH is 4. The summed E-state index contributed by atoms with van der Waals surface area (Å²) >= 11 is 0. The normalized spacial score (nSPS) is 14.6. The maximum absolute atomic E-state index is 11.4. The molecule has 174 valence electrons. The number of rotatable bonds is 11. The summed E-state index contributed by atoms with van der Waals surface area (Å²) in [6.07, 6.45) is -6.46. The second-order valence-corrected chi connectivity index (χ2v) is 6.77. The number of benzene rings is 2. The minimum Gasteiger partial charge on any atom is -0.491 e. The Bertz CT molecular complexity index is 792. The zero-order chi connectivity index (χ0) is 23.7. The van der Waals surface area contributed by atoms with Gasteiger partial charge in [-0.3, -0.25) is 0 Å². The van der Waals surface area contributed by atoms with Gasteiger partial charge in [0.05, 0.1) is 25.3 Å². The SMILES string of the molecule is COC(=O)c1ccc(OC[C@@H](O)[C@@H](O)[C@H](O)[C@H](O)COc2ccc(C(=O)OC)cc2)cc1. The maximum Gasteiger partial charge on any atom is 0.337 e. The van der Waals surface area contributed by atoms with E-state index in [9.17, 15) is 30.0 Å². The Labute approximate surface area is 184 Å². The van der Waals surface area contributed by atoms with E-state index in [-0.39, 0.29) is 13.2 Å². The van der Waals surface area contributed by atoms with E-state index in [1.165, 1.54) is 62.8 Å². The zero-order valence-corrected chi connectivity index (χ0v) is 17.6. The highest BCUT2D eigenvalue weighted by Crippen LogP contribution is 2.16. The molecule has 0 aliphatic heterocycles. The van der Waals surface area contributed by atoms with Crippen molar-refractivity contribution in [2.24, 2.45) is 0 Å². The highest BCUT2D eigenvalue weighted by molar-refractivity contribution is 5.89. The molecule has 0 saturated heterocycles. The Kier molecular flexibility index (Phi) is 9.41. The van der Waals surface area contributed by atoms with Gasteiger partial charge in [-0.25, -0.2) is 9.59 Å². The van der Waals surface area contributed by atoms with Gasteiger partial charge in [-0.15, -0.1) is 0 Å². The second kappa shape index (κ2) is 12.0. The van der Waals surface area contributed by atoms with Crippen LogP contribution in [0.2, 0.25) is 0 Å². The van der Waals surface area contributed by atoms with Gasteiger partial charge in [0.15, 0.2) is 0 Å². The molecule has 0 saturated carbocycles. The summed E-state index contributed by atoms with van der Waals surface area (Å²) in [6, 6.07) is 11.8. The smallest absolute Gasteiger partial charge is 0.337 e. The van der Waals surface area contributed by atoms with Gasteiger partial charge in [-0.2, -0.15) is 0 Å². The first-order chi connectivity index (χ1) is 15.3. The molecule has 0 fully saturated rings. The van der Waals surface area contributed by atoms with Gasteiger partial charge in [0, 0.05) is 0 Å². The number of hydrogen-bond donors (Lipinski definition) is 4. The minimum absolute atomic E-state index is 0.317. The van der Waals surface area contributed by atoms with E-state index < -0.39 is 36.4 Å². The van der Waals surface area contributed by atoms with Gasteiger partial charge in [-0.1, -0.05) is 0 Å². The Morgan fingerprint density at radius 3 is 1.25 bits per heavy atom. The highest BCUT2D eigenvalue weighted by atomic mass is 16.5. The molecule has 10 nitrogen and oxygen atoms in total. The number of aliphatic hydroxyl groups is 4. The monoisotopic (exact) mass is 450 g/mol. The predicted molar refractivity (Wildman–Crippen MR) is 111 cm³/mol. The van der Waals surface area contributed by atoms with Crippen LogP contribution in [0.25, 0.3) is 0 Å². The topological polar surface area (TPSA) is 152 Å². The van der Waals surface area contributed by atoms with Crippen LogP contribution >= 0.6 is 0 Å². The van der Waals surface area contributed by atoms with Crippen LogP contribution in [0.15, 0.2) is 48.5 Å². The fourth-order valence-corrected chi connectivity index (χ4v) is 2.63. The Hall–Kier alpha value is -3.18. The number of carbonyl (C=O) groups excluding carboxylic acids is 2. The lowest BCUT2D eigenvalue weighted by atomic mass is 10.0. The average molecular weight is 450 g/mol. The minimum atomic E-state index is -1.72. The molecule has 4 atom stereocenters. The van der Waals surface area contributed by atoms with Crippen molar-refractivity contribution >= 4 is 11.9 Å². The zero-order valence-electron chi connectivity index (χ0n) is 17.6. The third-order valence-corrected chi connectivity index (χ3v) is 4.53. The number of esters is 2. The van der Waals surface area contributed by atoms with Gasteiger partial charge < -0.3 is 39.4 Å². The number of ether oxygens (including phenoxy) is 4. The van der Waals surface area contributed by atoms with E-state index in [1.807, 2.05) is 0 Å². The van der Waals surface area contributed by atoms with Crippen LogP contribution < -0.4 is 9.47 Å².